The molecule has 0 atom stereocenters. The number of halogens is 1. The Morgan fingerprint density at radius 3 is 2.63 bits per heavy atom. The van der Waals surface area contributed by atoms with Gasteiger partial charge in [0.15, 0.2) is 0 Å². The molecule has 0 spiro atoms. The first kappa shape index (κ1) is 19.5. The number of carboxylic acids is 1. The minimum Gasteiger partial charge on any atom is -0.478 e. The number of aryl methyl sites for hydroxylation is 1. The van der Waals surface area contributed by atoms with Gasteiger partial charge in [0.2, 0.25) is 5.91 Å². The number of nitrogens with zero attached hydrogens (tertiary/aromatic N) is 1. The van der Waals surface area contributed by atoms with E-state index in [4.69, 9.17) is 0 Å². The van der Waals surface area contributed by atoms with Crippen LogP contribution in [0.4, 0.5) is 15.8 Å². The van der Waals surface area contributed by atoms with Gasteiger partial charge >= 0.3 is 5.97 Å². The molecule has 0 bridgehead atoms. The Hall–Kier alpha value is -3.80. The first-order valence-corrected chi connectivity index (χ1v) is 9.45. The van der Waals surface area contributed by atoms with E-state index in [1.807, 2.05) is 25.1 Å². The van der Waals surface area contributed by atoms with E-state index in [1.165, 1.54) is 12.1 Å². The van der Waals surface area contributed by atoms with Crippen LogP contribution in [0.2, 0.25) is 0 Å². The van der Waals surface area contributed by atoms with E-state index < -0.39 is 12.6 Å². The van der Waals surface area contributed by atoms with Crippen molar-refractivity contribution in [3.8, 4) is 11.1 Å². The van der Waals surface area contributed by atoms with Gasteiger partial charge in [0.05, 0.1) is 29.1 Å². The summed E-state index contributed by atoms with van der Waals surface area (Å²) in [4.78, 5) is 28.5. The largest absolute Gasteiger partial charge is 0.478 e. The van der Waals surface area contributed by atoms with Crippen LogP contribution in [0.15, 0.2) is 65.7 Å². The van der Waals surface area contributed by atoms with E-state index >= 15 is 0 Å². The molecule has 0 fully saturated rings. The van der Waals surface area contributed by atoms with Gasteiger partial charge in [-0.3, -0.25) is 9.79 Å². The van der Waals surface area contributed by atoms with Crippen molar-refractivity contribution in [2.45, 2.75) is 20.0 Å². The fourth-order valence-electron chi connectivity index (χ4n) is 3.55. The number of hydrogen-bond acceptors (Lipinski definition) is 3. The average molecular weight is 402 g/mol. The van der Waals surface area contributed by atoms with Crippen molar-refractivity contribution in [3.63, 3.8) is 0 Å². The molecule has 2 N–H and O–H groups in total. The van der Waals surface area contributed by atoms with Gasteiger partial charge in [0.1, 0.15) is 6.67 Å². The summed E-state index contributed by atoms with van der Waals surface area (Å²) >= 11 is 0. The highest BCUT2D eigenvalue weighted by Crippen LogP contribution is 2.36. The van der Waals surface area contributed by atoms with Crippen molar-refractivity contribution < 1.29 is 19.1 Å². The van der Waals surface area contributed by atoms with Gasteiger partial charge in [0.25, 0.3) is 0 Å². The summed E-state index contributed by atoms with van der Waals surface area (Å²) in [7, 11) is 0. The molecule has 0 aromatic heterocycles. The van der Waals surface area contributed by atoms with Gasteiger partial charge < -0.3 is 10.4 Å². The zero-order valence-electron chi connectivity index (χ0n) is 16.3. The summed E-state index contributed by atoms with van der Waals surface area (Å²) in [6.07, 6.45) is 0.0312. The lowest BCUT2D eigenvalue weighted by Crippen LogP contribution is -2.15. The first-order valence-electron chi connectivity index (χ1n) is 9.45. The van der Waals surface area contributed by atoms with Crippen molar-refractivity contribution in [2.75, 3.05) is 5.32 Å². The van der Waals surface area contributed by atoms with Crippen LogP contribution in [0.1, 0.15) is 33.5 Å². The fraction of sp³-hybridized carbons (Fsp3) is 0.125. The van der Waals surface area contributed by atoms with E-state index in [0.717, 1.165) is 16.7 Å². The molecule has 1 aliphatic heterocycles. The third-order valence-corrected chi connectivity index (χ3v) is 5.04. The number of alkyl halides is 1. The van der Waals surface area contributed by atoms with Gasteiger partial charge in [-0.1, -0.05) is 30.3 Å². The van der Waals surface area contributed by atoms with E-state index in [0.29, 0.717) is 28.2 Å². The maximum absolute atomic E-state index is 13.1. The average Bonchev–Trinajstić information content (AvgIpc) is 2.91. The van der Waals surface area contributed by atoms with Crippen molar-refractivity contribution in [3.05, 3.63) is 82.9 Å². The lowest BCUT2D eigenvalue weighted by molar-refractivity contribution is -0.115. The monoisotopic (exact) mass is 402 g/mol. The molecule has 5 nitrogen and oxygen atoms in total. The zero-order valence-corrected chi connectivity index (χ0v) is 16.3. The van der Waals surface area contributed by atoms with E-state index in [1.54, 1.807) is 30.3 Å². The van der Waals surface area contributed by atoms with E-state index in [9.17, 15) is 19.1 Å². The fourth-order valence-corrected chi connectivity index (χ4v) is 3.55. The second kappa shape index (κ2) is 7.91. The predicted octanol–water partition coefficient (Wildman–Crippen LogP) is 5.29. The second-order valence-electron chi connectivity index (χ2n) is 7.19. The zero-order chi connectivity index (χ0) is 21.3. The van der Waals surface area contributed by atoms with Crippen LogP contribution in [0.25, 0.3) is 11.1 Å². The number of benzene rings is 3. The third kappa shape index (κ3) is 3.85. The summed E-state index contributed by atoms with van der Waals surface area (Å²) in [5, 5.41) is 12.1. The van der Waals surface area contributed by atoms with Gasteiger partial charge in [-0.25, -0.2) is 9.18 Å². The van der Waals surface area contributed by atoms with Gasteiger partial charge in [-0.2, -0.15) is 0 Å². The minimum atomic E-state index is -1.04. The van der Waals surface area contributed by atoms with Crippen LogP contribution in [0.3, 0.4) is 0 Å². The Kier molecular flexibility index (Phi) is 5.14. The van der Waals surface area contributed by atoms with Gasteiger partial charge in [-0.05, 0) is 65.1 Å². The maximum atomic E-state index is 13.1. The number of anilines is 1. The van der Waals surface area contributed by atoms with Crippen molar-refractivity contribution in [1.29, 1.82) is 0 Å². The number of carbonyl (C=O) groups excluding carboxylic acids is 1. The highest BCUT2D eigenvalue weighted by atomic mass is 19.1. The molecule has 1 heterocycles. The molecule has 4 rings (SSSR count). The molecule has 150 valence electrons. The minimum absolute atomic E-state index is 0.0312. The van der Waals surface area contributed by atoms with E-state index in [-0.39, 0.29) is 17.9 Å². The first-order chi connectivity index (χ1) is 14.4. The SMILES string of the molecule is Cc1cc2c(cc1-c1cccc(CF)c1)NC(=O)CC(c1cccc(C(=O)O)c1)=N2. The molecular weight excluding hydrogens is 383 g/mol. The van der Waals surface area contributed by atoms with Gasteiger partial charge in [0, 0.05) is 0 Å². The number of nitrogens with one attached hydrogen (secondary N) is 1. The van der Waals surface area contributed by atoms with Crippen LogP contribution in [-0.4, -0.2) is 22.7 Å². The number of fused-ring (bicyclic) bond motifs is 1. The third-order valence-electron chi connectivity index (χ3n) is 5.04. The Labute approximate surface area is 172 Å². The molecular formula is C24H19FN2O3. The summed E-state index contributed by atoms with van der Waals surface area (Å²) in [5.74, 6) is -1.27. The lowest BCUT2D eigenvalue weighted by atomic mass is 9.97. The Morgan fingerprint density at radius 1 is 1.10 bits per heavy atom. The summed E-state index contributed by atoms with van der Waals surface area (Å²) < 4.78 is 13.1. The lowest BCUT2D eigenvalue weighted by Gasteiger charge is -2.12. The molecule has 0 aliphatic carbocycles. The highest BCUT2D eigenvalue weighted by molar-refractivity contribution is 6.17. The molecule has 0 saturated heterocycles. The molecule has 1 aliphatic rings. The highest BCUT2D eigenvalue weighted by Gasteiger charge is 2.20. The number of aromatic carboxylic acids is 1. The molecule has 3 aromatic rings. The number of hydrogen-bond donors (Lipinski definition) is 2. The van der Waals surface area contributed by atoms with Crippen LogP contribution < -0.4 is 5.32 Å². The Bertz CT molecular complexity index is 1200. The quantitative estimate of drug-likeness (QED) is 0.622. The van der Waals surface area contributed by atoms with Gasteiger partial charge in [-0.15, -0.1) is 0 Å². The summed E-state index contributed by atoms with van der Waals surface area (Å²) in [6.45, 7) is 1.39. The molecule has 30 heavy (non-hydrogen) atoms. The molecule has 0 saturated carbocycles. The van der Waals surface area contributed by atoms with Crippen LogP contribution >= 0.6 is 0 Å². The molecule has 3 aromatic carbocycles. The molecule has 1 amide bonds. The molecule has 6 heteroatoms. The standard InChI is InChI=1S/C24H19FN2O3/c1-14-8-21-22(11-19(14)16-5-2-4-15(9-16)13-25)27-23(28)12-20(26-21)17-6-3-7-18(10-17)24(29)30/h2-11H,12-13H2,1H3,(H,27,28)(H,29,30). The van der Waals surface area contributed by atoms with Crippen LogP contribution in [0, 0.1) is 6.92 Å². The van der Waals surface area contributed by atoms with Crippen LogP contribution in [-0.2, 0) is 11.5 Å². The maximum Gasteiger partial charge on any atom is 0.335 e. The number of rotatable bonds is 4. The number of carboxylic acid groups (broad SMARTS) is 1. The Morgan fingerprint density at radius 2 is 1.87 bits per heavy atom. The number of amides is 1. The topological polar surface area (TPSA) is 78.8 Å². The second-order valence-corrected chi connectivity index (χ2v) is 7.19. The van der Waals surface area contributed by atoms with Crippen molar-refractivity contribution in [1.82, 2.24) is 0 Å². The normalized spacial score (nSPS) is 13.1. The summed E-state index contributed by atoms with van der Waals surface area (Å²) in [5.41, 5.74) is 5.66. The molecule has 0 unspecified atom stereocenters. The number of carbonyl (C=O) groups is 2. The number of aliphatic imine (C=N–C) groups is 1. The van der Waals surface area contributed by atoms with Crippen LogP contribution in [0.5, 0.6) is 0 Å². The Balaban J connectivity index is 1.81. The predicted molar refractivity (Wildman–Crippen MR) is 114 cm³/mol. The smallest absolute Gasteiger partial charge is 0.335 e. The van der Waals surface area contributed by atoms with Crippen molar-refractivity contribution >= 4 is 29.0 Å². The van der Waals surface area contributed by atoms with Crippen molar-refractivity contribution in [2.24, 2.45) is 4.99 Å². The molecule has 0 radical (unpaired) electrons. The summed E-state index contributed by atoms with van der Waals surface area (Å²) in [6, 6.07) is 17.3. The van der Waals surface area contributed by atoms with E-state index in [2.05, 4.69) is 10.3 Å².